The summed E-state index contributed by atoms with van der Waals surface area (Å²) in [4.78, 5) is 12.3. The van der Waals surface area contributed by atoms with Crippen molar-refractivity contribution < 1.29 is 9.53 Å². The van der Waals surface area contributed by atoms with Gasteiger partial charge in [0.2, 0.25) is 5.13 Å². The Kier molecular flexibility index (Phi) is 7.10. The summed E-state index contributed by atoms with van der Waals surface area (Å²) in [6, 6.07) is 3.65. The van der Waals surface area contributed by atoms with Crippen LogP contribution in [0.15, 0.2) is 16.5 Å². The van der Waals surface area contributed by atoms with Crippen LogP contribution in [0.2, 0.25) is 5.02 Å². The van der Waals surface area contributed by atoms with Gasteiger partial charge >= 0.3 is 0 Å². The zero-order valence-electron chi connectivity index (χ0n) is 14.9. The van der Waals surface area contributed by atoms with Crippen molar-refractivity contribution in [2.45, 2.75) is 45.1 Å². The van der Waals surface area contributed by atoms with E-state index >= 15 is 0 Å². The summed E-state index contributed by atoms with van der Waals surface area (Å²) in [5.74, 6) is 1.90. The third-order valence-electron chi connectivity index (χ3n) is 3.27. The molecule has 0 saturated carbocycles. The van der Waals surface area contributed by atoms with Crippen molar-refractivity contribution in [3.63, 3.8) is 0 Å². The highest BCUT2D eigenvalue weighted by Crippen LogP contribution is 2.28. The molecule has 2 aromatic rings. The summed E-state index contributed by atoms with van der Waals surface area (Å²) in [6.45, 7) is 9.81. The van der Waals surface area contributed by atoms with Crippen LogP contribution in [-0.2, 0) is 4.79 Å². The zero-order chi connectivity index (χ0) is 18.6. The van der Waals surface area contributed by atoms with Gasteiger partial charge in [-0.05, 0) is 49.9 Å². The number of aryl methyl sites for hydroxylation is 2. The summed E-state index contributed by atoms with van der Waals surface area (Å²) >= 11 is 9.16. The van der Waals surface area contributed by atoms with Crippen LogP contribution in [0.25, 0.3) is 0 Å². The highest BCUT2D eigenvalue weighted by atomic mass is 35.5. The van der Waals surface area contributed by atoms with Gasteiger partial charge < -0.3 is 4.74 Å². The summed E-state index contributed by atoms with van der Waals surface area (Å²) < 4.78 is 6.58. The van der Waals surface area contributed by atoms with Crippen LogP contribution in [0.1, 0.15) is 31.9 Å². The first-order valence-corrected chi connectivity index (χ1v) is 10.1. The van der Waals surface area contributed by atoms with Crippen molar-refractivity contribution in [2.24, 2.45) is 5.92 Å². The summed E-state index contributed by atoms with van der Waals surface area (Å²) in [5.41, 5.74) is 1.83. The van der Waals surface area contributed by atoms with E-state index in [0.29, 0.717) is 21.8 Å². The Bertz CT molecular complexity index is 726. The van der Waals surface area contributed by atoms with Crippen LogP contribution in [0.4, 0.5) is 5.13 Å². The molecule has 5 nitrogen and oxygen atoms in total. The van der Waals surface area contributed by atoms with Gasteiger partial charge in [0.15, 0.2) is 10.4 Å². The van der Waals surface area contributed by atoms with Crippen LogP contribution in [0.3, 0.4) is 0 Å². The first-order chi connectivity index (χ1) is 11.8. The van der Waals surface area contributed by atoms with Gasteiger partial charge in [0.05, 0.1) is 0 Å². The molecule has 1 aromatic carbocycles. The average molecular weight is 400 g/mol. The number of carbonyl (C=O) groups is 1. The fourth-order valence-corrected chi connectivity index (χ4v) is 3.84. The molecule has 25 heavy (non-hydrogen) atoms. The van der Waals surface area contributed by atoms with Crippen LogP contribution < -0.4 is 10.1 Å². The molecule has 1 atom stereocenters. The Hall–Kier alpha value is -1.31. The molecule has 1 heterocycles. The molecule has 1 unspecified atom stereocenters. The first-order valence-electron chi connectivity index (χ1n) is 7.96. The Morgan fingerprint density at radius 2 is 1.92 bits per heavy atom. The van der Waals surface area contributed by atoms with Crippen LogP contribution in [-0.4, -0.2) is 28.0 Å². The lowest BCUT2D eigenvalue weighted by atomic mass is 10.1. The molecule has 2 rings (SSSR count). The number of rotatable bonds is 7. The van der Waals surface area contributed by atoms with E-state index in [0.717, 1.165) is 21.2 Å². The molecule has 0 spiro atoms. The lowest BCUT2D eigenvalue weighted by Crippen LogP contribution is -2.30. The molecule has 0 saturated heterocycles. The van der Waals surface area contributed by atoms with Crippen molar-refractivity contribution in [2.75, 3.05) is 11.1 Å². The minimum atomic E-state index is -0.657. The third-order valence-corrected chi connectivity index (χ3v) is 6.26. The number of hydrogen-bond acceptors (Lipinski definition) is 6. The first kappa shape index (κ1) is 20.0. The fraction of sp³-hybridized carbons (Fsp3) is 0.471. The molecule has 8 heteroatoms. The third kappa shape index (κ3) is 5.87. The maximum absolute atomic E-state index is 12.3. The molecule has 0 fully saturated rings. The van der Waals surface area contributed by atoms with E-state index in [9.17, 15) is 4.79 Å². The second-order valence-corrected chi connectivity index (χ2v) is 8.82. The summed E-state index contributed by atoms with van der Waals surface area (Å²) in [5, 5.41) is 12.0. The fourth-order valence-electron chi connectivity index (χ4n) is 2.00. The Balaban J connectivity index is 1.94. The number of halogens is 1. The van der Waals surface area contributed by atoms with E-state index in [-0.39, 0.29) is 5.91 Å². The maximum Gasteiger partial charge on any atom is 0.266 e. The molecule has 0 aliphatic carbocycles. The summed E-state index contributed by atoms with van der Waals surface area (Å²) in [7, 11) is 0. The molecular weight excluding hydrogens is 378 g/mol. The van der Waals surface area contributed by atoms with E-state index in [1.165, 1.54) is 11.3 Å². The number of nitrogens with zero attached hydrogens (tertiary/aromatic N) is 2. The predicted octanol–water partition coefficient (Wildman–Crippen LogP) is 4.96. The Labute approximate surface area is 161 Å². The number of benzene rings is 1. The van der Waals surface area contributed by atoms with E-state index in [2.05, 4.69) is 29.4 Å². The second kappa shape index (κ2) is 8.87. The van der Waals surface area contributed by atoms with Gasteiger partial charge in [0.25, 0.3) is 5.91 Å². The number of nitrogens with one attached hydrogen (secondary N) is 1. The molecule has 0 aliphatic rings. The quantitative estimate of drug-likeness (QED) is 0.526. The van der Waals surface area contributed by atoms with E-state index in [4.69, 9.17) is 16.3 Å². The predicted molar refractivity (Wildman–Crippen MR) is 105 cm³/mol. The van der Waals surface area contributed by atoms with Gasteiger partial charge in [0, 0.05) is 10.8 Å². The molecule has 136 valence electrons. The monoisotopic (exact) mass is 399 g/mol. The molecule has 0 bridgehead atoms. The van der Waals surface area contributed by atoms with Gasteiger partial charge in [0.1, 0.15) is 5.75 Å². The van der Waals surface area contributed by atoms with Gasteiger partial charge in [-0.25, -0.2) is 0 Å². The van der Waals surface area contributed by atoms with Crippen LogP contribution in [0, 0.1) is 19.8 Å². The highest BCUT2D eigenvalue weighted by molar-refractivity contribution is 8.01. The second-order valence-electron chi connectivity index (χ2n) is 6.20. The smallest absolute Gasteiger partial charge is 0.266 e. The lowest BCUT2D eigenvalue weighted by molar-refractivity contribution is -0.122. The highest BCUT2D eigenvalue weighted by Gasteiger charge is 2.18. The molecule has 1 N–H and O–H groups in total. The Morgan fingerprint density at radius 1 is 1.28 bits per heavy atom. The van der Waals surface area contributed by atoms with Gasteiger partial charge in [-0.1, -0.05) is 48.5 Å². The molecule has 1 aromatic heterocycles. The van der Waals surface area contributed by atoms with Crippen molar-refractivity contribution >= 4 is 45.7 Å². The van der Waals surface area contributed by atoms with E-state index < -0.39 is 6.10 Å². The van der Waals surface area contributed by atoms with Crippen molar-refractivity contribution in [1.82, 2.24) is 10.2 Å². The van der Waals surface area contributed by atoms with Crippen molar-refractivity contribution in [3.05, 3.63) is 28.3 Å². The number of thioether (sulfide) groups is 1. The largest absolute Gasteiger partial charge is 0.481 e. The number of aromatic nitrogens is 2. The van der Waals surface area contributed by atoms with E-state index in [1.807, 2.05) is 26.0 Å². The number of anilines is 1. The summed E-state index contributed by atoms with van der Waals surface area (Å²) in [6.07, 6.45) is -0.657. The van der Waals surface area contributed by atoms with Gasteiger partial charge in [-0.3, -0.25) is 10.1 Å². The van der Waals surface area contributed by atoms with Crippen molar-refractivity contribution in [1.29, 1.82) is 0 Å². The zero-order valence-corrected chi connectivity index (χ0v) is 17.3. The van der Waals surface area contributed by atoms with Gasteiger partial charge in [-0.2, -0.15) is 0 Å². The van der Waals surface area contributed by atoms with Crippen LogP contribution >= 0.6 is 34.7 Å². The van der Waals surface area contributed by atoms with E-state index in [1.54, 1.807) is 18.7 Å². The van der Waals surface area contributed by atoms with Crippen LogP contribution in [0.5, 0.6) is 5.75 Å². The number of carbonyl (C=O) groups excluding carboxylic acids is 1. The Morgan fingerprint density at radius 3 is 2.52 bits per heavy atom. The van der Waals surface area contributed by atoms with Crippen molar-refractivity contribution in [3.8, 4) is 5.75 Å². The van der Waals surface area contributed by atoms with Gasteiger partial charge in [-0.15, -0.1) is 10.2 Å². The molecular formula is C17H22ClN3O2S2. The minimum absolute atomic E-state index is 0.262. The number of ether oxygens (including phenoxy) is 1. The normalized spacial score (nSPS) is 12.3. The minimum Gasteiger partial charge on any atom is -0.481 e. The lowest BCUT2D eigenvalue weighted by Gasteiger charge is -2.15. The molecule has 1 amide bonds. The average Bonchev–Trinajstić information content (AvgIpc) is 2.98. The number of amides is 1. The topological polar surface area (TPSA) is 64.1 Å². The number of hydrogen-bond donors (Lipinski definition) is 1. The maximum atomic E-state index is 12.3. The molecule has 0 radical (unpaired) electrons. The standard InChI is InChI=1S/C17H22ClN3O2S2/c1-9(2)8-24-17-21-20-16(25-17)19-15(22)12(5)23-13-6-10(3)14(18)11(4)7-13/h6-7,9,12H,8H2,1-5H3,(H,19,20,22). The molecule has 0 aliphatic heterocycles. The SMILES string of the molecule is Cc1cc(OC(C)C(=O)Nc2nnc(SCC(C)C)s2)cc(C)c1Cl.